The van der Waals surface area contributed by atoms with E-state index in [-0.39, 0.29) is 34.1 Å². The molecule has 3 fully saturated rings. The molecule has 1 aromatic heterocycles. The number of benzene rings is 3. The molecule has 7 rings (SSSR count). The molecule has 258 valence electrons. The van der Waals surface area contributed by atoms with E-state index >= 15 is 4.39 Å². The molecule has 3 atom stereocenters. The molecule has 3 aromatic carbocycles. The monoisotopic (exact) mass is 725 g/mol. The average Bonchev–Trinajstić information content (AvgIpc) is 3.76. The third-order valence-electron chi connectivity index (χ3n) is 9.87. The van der Waals surface area contributed by atoms with Gasteiger partial charge in [-0.15, -0.1) is 0 Å². The van der Waals surface area contributed by atoms with Crippen LogP contribution in [0, 0.1) is 5.82 Å². The average molecular weight is 727 g/mol. The Morgan fingerprint density at radius 1 is 1.00 bits per heavy atom. The van der Waals surface area contributed by atoms with Crippen LogP contribution >= 0.6 is 23.2 Å². The predicted molar refractivity (Wildman–Crippen MR) is 187 cm³/mol. The zero-order chi connectivity index (χ0) is 34.7. The molecule has 1 aliphatic carbocycles. The summed E-state index contributed by atoms with van der Waals surface area (Å²) in [5, 5.41) is 5.35. The van der Waals surface area contributed by atoms with E-state index in [1.165, 1.54) is 18.2 Å². The van der Waals surface area contributed by atoms with Gasteiger partial charge in [-0.1, -0.05) is 67.3 Å². The summed E-state index contributed by atoms with van der Waals surface area (Å²) in [5.74, 6) is -0.330. The van der Waals surface area contributed by atoms with Crippen molar-refractivity contribution in [2.75, 3.05) is 4.90 Å². The number of anilines is 1. The van der Waals surface area contributed by atoms with Crippen molar-refractivity contribution in [3.8, 4) is 11.3 Å². The molecule has 4 aromatic rings. The number of carbonyl (C=O) groups excluding carboxylic acids is 1. The van der Waals surface area contributed by atoms with Crippen LogP contribution in [-0.2, 0) is 26.8 Å². The number of hydrogen-bond donors (Lipinski definition) is 1. The Morgan fingerprint density at radius 2 is 1.65 bits per heavy atom. The number of sulfonamides is 1. The maximum Gasteiger partial charge on any atom is 0.265 e. The molecule has 8 nitrogen and oxygen atoms in total. The summed E-state index contributed by atoms with van der Waals surface area (Å²) in [6.45, 7) is 6.38. The zero-order valence-electron chi connectivity index (χ0n) is 27.5. The highest BCUT2D eigenvalue weighted by Gasteiger charge is 2.43. The van der Waals surface area contributed by atoms with E-state index < -0.39 is 21.7 Å². The number of rotatable bonds is 9. The predicted octanol–water partition coefficient (Wildman–Crippen LogP) is 8.80. The van der Waals surface area contributed by atoms with Crippen LogP contribution in [0.15, 0.2) is 70.1 Å². The topological polar surface area (TPSA) is 102 Å². The Kier molecular flexibility index (Phi) is 9.05. The molecule has 0 radical (unpaired) electrons. The summed E-state index contributed by atoms with van der Waals surface area (Å²) < 4.78 is 55.9. The van der Waals surface area contributed by atoms with Crippen molar-refractivity contribution in [1.29, 1.82) is 0 Å². The van der Waals surface area contributed by atoms with Gasteiger partial charge in [0, 0.05) is 34.7 Å². The molecule has 1 N–H and O–H groups in total. The number of ether oxygens (including phenoxy) is 1. The summed E-state index contributed by atoms with van der Waals surface area (Å²) in [7, 11) is -4.15. The van der Waals surface area contributed by atoms with Crippen molar-refractivity contribution in [3.63, 3.8) is 0 Å². The lowest BCUT2D eigenvalue weighted by molar-refractivity contribution is 0.0146. The van der Waals surface area contributed by atoms with Crippen LogP contribution in [0.5, 0.6) is 0 Å². The first kappa shape index (κ1) is 34.0. The van der Waals surface area contributed by atoms with Gasteiger partial charge in [-0.2, -0.15) is 0 Å². The quantitative estimate of drug-likeness (QED) is 0.184. The lowest BCUT2D eigenvalue weighted by Gasteiger charge is -2.40. The zero-order valence-corrected chi connectivity index (χ0v) is 29.8. The number of hydrogen-bond acceptors (Lipinski definition) is 7. The van der Waals surface area contributed by atoms with E-state index in [0.717, 1.165) is 48.6 Å². The lowest BCUT2D eigenvalue weighted by Crippen LogP contribution is -2.46. The number of piperidine rings is 1. The van der Waals surface area contributed by atoms with Crippen molar-refractivity contribution in [1.82, 2.24) is 9.88 Å². The summed E-state index contributed by atoms with van der Waals surface area (Å²) in [5.41, 5.74) is 3.25. The second-order valence-electron chi connectivity index (χ2n) is 14.3. The third-order valence-corrected chi connectivity index (χ3v) is 11.8. The summed E-state index contributed by atoms with van der Waals surface area (Å²) in [6, 6.07) is 16.0. The number of carbonyl (C=O) groups is 1. The number of aromatic nitrogens is 1. The molecular formula is C37H38Cl2FN3O5S. The molecule has 2 unspecified atom stereocenters. The third kappa shape index (κ3) is 6.85. The fourth-order valence-corrected chi connectivity index (χ4v) is 8.69. The van der Waals surface area contributed by atoms with Crippen LogP contribution in [0.25, 0.3) is 11.3 Å². The first-order valence-electron chi connectivity index (χ1n) is 16.6. The van der Waals surface area contributed by atoms with Crippen LogP contribution in [0.2, 0.25) is 10.0 Å². The maximum absolute atomic E-state index is 15.7. The molecule has 3 heterocycles. The van der Waals surface area contributed by atoms with Gasteiger partial charge in [-0.3, -0.25) is 4.79 Å². The maximum atomic E-state index is 15.7. The number of nitrogens with one attached hydrogen (secondary N) is 1. The number of halogens is 3. The molecule has 3 aliphatic rings. The Hall–Kier alpha value is -3.44. The Bertz CT molecular complexity index is 1970. The van der Waals surface area contributed by atoms with Gasteiger partial charge < -0.3 is 14.2 Å². The molecule has 1 amide bonds. The van der Waals surface area contributed by atoms with E-state index in [2.05, 4.69) is 14.8 Å². The SMILES string of the molecule is CC(C)(C)c1ccc(S(=O)(=O)NC(=O)c2ccc(N3C4CC[C@H]3CC(OCc3c(-c5c(Cl)cccc5Cl)noc3C3CC3)C4)c(F)c2)cc1. The fraction of sp³-hybridized carbons (Fsp3) is 0.405. The van der Waals surface area contributed by atoms with Crippen LogP contribution in [0.4, 0.5) is 10.1 Å². The molecule has 2 aliphatic heterocycles. The van der Waals surface area contributed by atoms with Crippen molar-refractivity contribution >= 4 is 44.8 Å². The van der Waals surface area contributed by atoms with E-state index in [9.17, 15) is 13.2 Å². The van der Waals surface area contributed by atoms with E-state index in [1.807, 2.05) is 20.8 Å². The van der Waals surface area contributed by atoms with E-state index in [1.54, 1.807) is 36.4 Å². The highest BCUT2D eigenvalue weighted by molar-refractivity contribution is 7.90. The molecular weight excluding hydrogens is 688 g/mol. The second-order valence-corrected chi connectivity index (χ2v) is 16.8. The van der Waals surface area contributed by atoms with Gasteiger partial charge in [0.1, 0.15) is 17.3 Å². The fourth-order valence-electron chi connectivity index (χ4n) is 7.14. The highest BCUT2D eigenvalue weighted by Crippen LogP contribution is 2.47. The van der Waals surface area contributed by atoms with Crippen LogP contribution in [0.3, 0.4) is 0 Å². The van der Waals surface area contributed by atoms with Crippen molar-refractivity contribution < 1.29 is 26.9 Å². The molecule has 1 saturated carbocycles. The standard InChI is InChI=1S/C37H38Cl2FN3O5S/c1-37(2,3)23-10-14-27(15-11-23)49(45,46)42-36(44)22-9-16-32(31(40)17-22)43-24-12-13-25(43)19-26(18-24)47-20-28-34(41-48-35(28)21-7-8-21)33-29(38)5-4-6-30(33)39/h4-6,9-11,14-17,21,24-26H,7-8,12-13,18-20H2,1-3H3,(H,42,44)/t24-,25?,26?/m0/s1. The van der Waals surface area contributed by atoms with Crippen LogP contribution < -0.4 is 9.62 Å². The molecule has 12 heteroatoms. The summed E-state index contributed by atoms with van der Waals surface area (Å²) in [4.78, 5) is 15.0. The number of nitrogens with zero attached hydrogens (tertiary/aromatic N) is 2. The van der Waals surface area contributed by atoms with Gasteiger partial charge >= 0.3 is 0 Å². The first-order chi connectivity index (χ1) is 23.3. The van der Waals surface area contributed by atoms with Gasteiger partial charge in [0.05, 0.1) is 33.3 Å². The molecule has 2 saturated heterocycles. The molecule has 2 bridgehead atoms. The lowest BCUT2D eigenvalue weighted by atomic mass is 9.87. The summed E-state index contributed by atoms with van der Waals surface area (Å²) >= 11 is 13.1. The van der Waals surface area contributed by atoms with E-state index in [0.29, 0.717) is 52.4 Å². The van der Waals surface area contributed by atoms with Crippen LogP contribution in [-0.4, -0.2) is 37.7 Å². The Balaban J connectivity index is 1.02. The van der Waals surface area contributed by atoms with Crippen molar-refractivity contribution in [3.05, 3.63) is 99.0 Å². The normalized spacial score (nSPS) is 20.9. The molecule has 49 heavy (non-hydrogen) atoms. The Labute approximate surface area is 296 Å². The minimum atomic E-state index is -4.15. The van der Waals surface area contributed by atoms with Gasteiger partial charge in [0.2, 0.25) is 0 Å². The minimum absolute atomic E-state index is 0.0377. The van der Waals surface area contributed by atoms with Gasteiger partial charge in [-0.25, -0.2) is 17.5 Å². The number of fused-ring (bicyclic) bond motifs is 2. The largest absolute Gasteiger partial charge is 0.373 e. The van der Waals surface area contributed by atoms with Gasteiger partial charge in [0.25, 0.3) is 15.9 Å². The summed E-state index contributed by atoms with van der Waals surface area (Å²) in [6.07, 6.45) is 5.20. The first-order valence-corrected chi connectivity index (χ1v) is 18.8. The van der Waals surface area contributed by atoms with E-state index in [4.69, 9.17) is 32.5 Å². The van der Waals surface area contributed by atoms with Crippen LogP contribution in [0.1, 0.15) is 92.5 Å². The molecule has 0 spiro atoms. The minimum Gasteiger partial charge on any atom is -0.373 e. The van der Waals surface area contributed by atoms with Gasteiger partial charge in [-0.05, 0) is 92.0 Å². The van der Waals surface area contributed by atoms with Gasteiger partial charge in [0.15, 0.2) is 0 Å². The van der Waals surface area contributed by atoms with Crippen molar-refractivity contribution in [2.45, 2.75) is 100 Å². The van der Waals surface area contributed by atoms with Crippen molar-refractivity contribution in [2.24, 2.45) is 0 Å². The highest BCUT2D eigenvalue weighted by atomic mass is 35.5. The Morgan fingerprint density at radius 3 is 2.24 bits per heavy atom. The number of amides is 1. The second kappa shape index (κ2) is 13.0. The smallest absolute Gasteiger partial charge is 0.265 e.